The third-order valence-corrected chi connectivity index (χ3v) is 2.23. The van der Waals surface area contributed by atoms with Crippen molar-refractivity contribution in [3.8, 4) is 0 Å². The zero-order valence-corrected chi connectivity index (χ0v) is 8.89. The predicted molar refractivity (Wildman–Crippen MR) is 59.0 cm³/mol. The van der Waals surface area contributed by atoms with Crippen molar-refractivity contribution < 1.29 is 4.39 Å². The van der Waals surface area contributed by atoms with E-state index in [1.165, 1.54) is 25.0 Å². The molecule has 0 aliphatic heterocycles. The van der Waals surface area contributed by atoms with Crippen molar-refractivity contribution in [1.82, 2.24) is 0 Å². The molecule has 0 amide bonds. The molecule has 1 rings (SSSR count). The van der Waals surface area contributed by atoms with Crippen LogP contribution in [0.15, 0.2) is 24.3 Å². The zero-order chi connectivity index (χ0) is 10.4. The number of hydrogen-bond acceptors (Lipinski definition) is 1. The number of unbranched alkanes of at least 4 members (excludes halogenated alkanes) is 1. The topological polar surface area (TPSA) is 12.0 Å². The number of rotatable bonds is 5. The molecule has 0 heterocycles. The van der Waals surface area contributed by atoms with Gasteiger partial charge in [0, 0.05) is 11.7 Å². The molecule has 0 saturated carbocycles. The molecule has 0 saturated heterocycles. The van der Waals surface area contributed by atoms with E-state index >= 15 is 0 Å². The van der Waals surface area contributed by atoms with E-state index in [1.807, 2.05) is 6.07 Å². The predicted octanol–water partition coefficient (Wildman–Crippen LogP) is 3.82. The van der Waals surface area contributed by atoms with E-state index in [1.54, 1.807) is 6.07 Å². The van der Waals surface area contributed by atoms with Gasteiger partial charge in [-0.15, -0.1) is 0 Å². The minimum Gasteiger partial charge on any atom is -0.383 e. The van der Waals surface area contributed by atoms with Crippen LogP contribution in [0.4, 0.5) is 10.1 Å². The number of nitrogens with one attached hydrogen (secondary N) is 1. The van der Waals surface area contributed by atoms with E-state index in [-0.39, 0.29) is 5.82 Å². The highest BCUT2D eigenvalue weighted by Gasteiger charge is 2.01. The van der Waals surface area contributed by atoms with Gasteiger partial charge in [0.1, 0.15) is 5.82 Å². The molecule has 0 aliphatic carbocycles. The Morgan fingerprint density at radius 1 is 1.43 bits per heavy atom. The van der Waals surface area contributed by atoms with Crippen molar-refractivity contribution in [3.63, 3.8) is 0 Å². The molecule has 78 valence electrons. The Balaban J connectivity index is 2.43. The van der Waals surface area contributed by atoms with Gasteiger partial charge in [-0.05, 0) is 31.5 Å². The highest BCUT2D eigenvalue weighted by atomic mass is 19.1. The zero-order valence-electron chi connectivity index (χ0n) is 8.89. The standard InChI is InChI=1S/C12H18FN/c1-3-4-6-10(2)14-12-8-5-7-11(13)9-12/h5,7-10,14H,3-4,6H2,1-2H3. The van der Waals surface area contributed by atoms with Crippen LogP contribution in [0.2, 0.25) is 0 Å². The van der Waals surface area contributed by atoms with Gasteiger partial charge in [-0.3, -0.25) is 0 Å². The molecule has 1 N–H and O–H groups in total. The van der Waals surface area contributed by atoms with Gasteiger partial charge >= 0.3 is 0 Å². The maximum absolute atomic E-state index is 12.8. The summed E-state index contributed by atoms with van der Waals surface area (Å²) in [5, 5.41) is 3.28. The first-order valence-electron chi connectivity index (χ1n) is 5.24. The summed E-state index contributed by atoms with van der Waals surface area (Å²) in [5.41, 5.74) is 0.869. The molecule has 1 unspecified atom stereocenters. The summed E-state index contributed by atoms with van der Waals surface area (Å²) in [6.45, 7) is 4.30. The van der Waals surface area contributed by atoms with Crippen LogP contribution in [0.25, 0.3) is 0 Å². The summed E-state index contributed by atoms with van der Waals surface area (Å²) in [6.07, 6.45) is 3.55. The Morgan fingerprint density at radius 2 is 2.21 bits per heavy atom. The number of benzene rings is 1. The van der Waals surface area contributed by atoms with Gasteiger partial charge in [-0.2, -0.15) is 0 Å². The van der Waals surface area contributed by atoms with Crippen molar-refractivity contribution in [2.45, 2.75) is 39.2 Å². The van der Waals surface area contributed by atoms with Crippen LogP contribution < -0.4 is 5.32 Å². The number of hydrogen-bond donors (Lipinski definition) is 1. The fraction of sp³-hybridized carbons (Fsp3) is 0.500. The normalized spacial score (nSPS) is 12.5. The number of anilines is 1. The Labute approximate surface area is 85.3 Å². The first-order valence-corrected chi connectivity index (χ1v) is 5.24. The second-order valence-electron chi connectivity index (χ2n) is 3.70. The van der Waals surface area contributed by atoms with Gasteiger partial charge in [0.15, 0.2) is 0 Å². The second kappa shape index (κ2) is 5.63. The fourth-order valence-corrected chi connectivity index (χ4v) is 1.45. The van der Waals surface area contributed by atoms with E-state index in [0.717, 1.165) is 12.1 Å². The lowest BCUT2D eigenvalue weighted by atomic mass is 10.1. The van der Waals surface area contributed by atoms with Crippen molar-refractivity contribution in [1.29, 1.82) is 0 Å². The van der Waals surface area contributed by atoms with Crippen LogP contribution >= 0.6 is 0 Å². The minimum absolute atomic E-state index is 0.183. The van der Waals surface area contributed by atoms with Crippen LogP contribution in [-0.2, 0) is 0 Å². The Bertz CT molecular complexity index is 273. The molecule has 1 aromatic carbocycles. The number of halogens is 1. The van der Waals surface area contributed by atoms with Crippen molar-refractivity contribution in [2.24, 2.45) is 0 Å². The first-order chi connectivity index (χ1) is 6.72. The van der Waals surface area contributed by atoms with Crippen molar-refractivity contribution in [3.05, 3.63) is 30.1 Å². The third kappa shape index (κ3) is 3.77. The molecule has 14 heavy (non-hydrogen) atoms. The molecule has 0 aliphatic rings. The molecular weight excluding hydrogens is 177 g/mol. The SMILES string of the molecule is CCCCC(C)Nc1cccc(F)c1. The summed E-state index contributed by atoms with van der Waals surface area (Å²) < 4.78 is 12.8. The van der Waals surface area contributed by atoms with Gasteiger partial charge in [0.05, 0.1) is 0 Å². The van der Waals surface area contributed by atoms with Gasteiger partial charge < -0.3 is 5.32 Å². The Hall–Kier alpha value is -1.05. The molecule has 1 nitrogen and oxygen atoms in total. The summed E-state index contributed by atoms with van der Waals surface area (Å²) in [6, 6.07) is 7.02. The van der Waals surface area contributed by atoms with Crippen LogP contribution in [0.5, 0.6) is 0 Å². The van der Waals surface area contributed by atoms with E-state index in [9.17, 15) is 4.39 Å². The van der Waals surface area contributed by atoms with Crippen molar-refractivity contribution >= 4 is 5.69 Å². The van der Waals surface area contributed by atoms with E-state index in [0.29, 0.717) is 6.04 Å². The maximum atomic E-state index is 12.8. The molecule has 0 aromatic heterocycles. The van der Waals surface area contributed by atoms with Crippen LogP contribution in [-0.4, -0.2) is 6.04 Å². The molecule has 0 radical (unpaired) electrons. The highest BCUT2D eigenvalue weighted by Crippen LogP contribution is 2.12. The summed E-state index contributed by atoms with van der Waals surface area (Å²) >= 11 is 0. The molecule has 2 heteroatoms. The third-order valence-electron chi connectivity index (χ3n) is 2.23. The second-order valence-corrected chi connectivity index (χ2v) is 3.70. The van der Waals surface area contributed by atoms with Crippen LogP contribution in [0.1, 0.15) is 33.1 Å². The van der Waals surface area contributed by atoms with Crippen LogP contribution in [0, 0.1) is 5.82 Å². The van der Waals surface area contributed by atoms with Crippen molar-refractivity contribution in [2.75, 3.05) is 5.32 Å². The summed E-state index contributed by atoms with van der Waals surface area (Å²) in [5.74, 6) is -0.183. The van der Waals surface area contributed by atoms with Crippen LogP contribution in [0.3, 0.4) is 0 Å². The average molecular weight is 195 g/mol. The molecule has 1 atom stereocenters. The molecule has 0 bridgehead atoms. The average Bonchev–Trinajstić information content (AvgIpc) is 2.15. The smallest absolute Gasteiger partial charge is 0.125 e. The van der Waals surface area contributed by atoms with Gasteiger partial charge in [-0.1, -0.05) is 25.8 Å². The van der Waals surface area contributed by atoms with E-state index < -0.39 is 0 Å². The molecule has 0 spiro atoms. The summed E-state index contributed by atoms with van der Waals surface area (Å²) in [4.78, 5) is 0. The Kier molecular flexibility index (Phi) is 4.44. The largest absolute Gasteiger partial charge is 0.383 e. The lowest BCUT2D eigenvalue weighted by Crippen LogP contribution is -2.14. The quantitative estimate of drug-likeness (QED) is 0.753. The lowest BCUT2D eigenvalue weighted by Gasteiger charge is -2.14. The fourth-order valence-electron chi connectivity index (χ4n) is 1.45. The maximum Gasteiger partial charge on any atom is 0.125 e. The molecule has 0 fully saturated rings. The monoisotopic (exact) mass is 195 g/mol. The highest BCUT2D eigenvalue weighted by molar-refractivity contribution is 5.43. The van der Waals surface area contributed by atoms with E-state index in [2.05, 4.69) is 19.2 Å². The summed E-state index contributed by atoms with van der Waals surface area (Å²) in [7, 11) is 0. The van der Waals surface area contributed by atoms with E-state index in [4.69, 9.17) is 0 Å². The van der Waals surface area contributed by atoms with Gasteiger partial charge in [0.2, 0.25) is 0 Å². The Morgan fingerprint density at radius 3 is 2.86 bits per heavy atom. The lowest BCUT2D eigenvalue weighted by molar-refractivity contribution is 0.624. The molecular formula is C12H18FN. The minimum atomic E-state index is -0.183. The first kappa shape index (κ1) is 11.0. The van der Waals surface area contributed by atoms with Gasteiger partial charge in [0.25, 0.3) is 0 Å². The van der Waals surface area contributed by atoms with Gasteiger partial charge in [-0.25, -0.2) is 4.39 Å². The molecule has 1 aromatic rings.